The Morgan fingerprint density at radius 1 is 1.22 bits per heavy atom. The van der Waals surface area contributed by atoms with E-state index in [4.69, 9.17) is 18.9 Å². The van der Waals surface area contributed by atoms with E-state index in [-0.39, 0.29) is 12.2 Å². The first-order chi connectivity index (χ1) is 8.33. The molecule has 0 spiro atoms. The Labute approximate surface area is 108 Å². The number of hydrogen-bond acceptors (Lipinski definition) is 5. The molecule has 0 radical (unpaired) electrons. The molecule has 2 rings (SSSR count). The van der Waals surface area contributed by atoms with Crippen molar-refractivity contribution in [3.05, 3.63) is 12.7 Å². The molecule has 0 aliphatic carbocycles. The average molecular weight is 258 g/mol. The van der Waals surface area contributed by atoms with Gasteiger partial charge < -0.3 is 24.1 Å². The average Bonchev–Trinajstić information content (AvgIpc) is 2.54. The van der Waals surface area contributed by atoms with Crippen molar-refractivity contribution >= 4 is 0 Å². The van der Waals surface area contributed by atoms with Crippen molar-refractivity contribution in [1.29, 1.82) is 0 Å². The highest BCUT2D eigenvalue weighted by atomic mass is 16.8. The molecule has 0 bridgehead atoms. The summed E-state index contributed by atoms with van der Waals surface area (Å²) in [5, 5.41) is 10.1. The number of ether oxygens (including phenoxy) is 4. The van der Waals surface area contributed by atoms with Crippen LogP contribution in [0.25, 0.3) is 0 Å². The Hall–Kier alpha value is -0.460. The van der Waals surface area contributed by atoms with E-state index in [0.29, 0.717) is 6.42 Å². The molecule has 2 aliphatic heterocycles. The molecule has 0 aromatic carbocycles. The summed E-state index contributed by atoms with van der Waals surface area (Å²) in [6.07, 6.45) is 0.107. The fraction of sp³-hybridized carbons (Fsp3) is 0.846. The molecular formula is C13H22O5. The van der Waals surface area contributed by atoms with Crippen molar-refractivity contribution in [3.8, 4) is 0 Å². The number of aliphatic hydroxyl groups is 1. The van der Waals surface area contributed by atoms with Gasteiger partial charge in [0.05, 0.1) is 0 Å². The normalized spacial score (nSPS) is 46.7. The third kappa shape index (κ3) is 2.21. The molecule has 5 heteroatoms. The highest BCUT2D eigenvalue weighted by Gasteiger charge is 2.59. The number of rotatable bonds is 3. The SMILES string of the molecule is C=CC[C@]1(C)OC(O)C2OC(C)(C)OC2C1OC. The Balaban J connectivity index is 2.28. The van der Waals surface area contributed by atoms with E-state index < -0.39 is 23.8 Å². The van der Waals surface area contributed by atoms with E-state index in [9.17, 15) is 5.11 Å². The Morgan fingerprint density at radius 2 is 1.83 bits per heavy atom. The van der Waals surface area contributed by atoms with Crippen LogP contribution in [0.2, 0.25) is 0 Å². The van der Waals surface area contributed by atoms with Gasteiger partial charge in [-0.25, -0.2) is 0 Å². The lowest BCUT2D eigenvalue weighted by molar-refractivity contribution is -0.297. The third-order valence-electron chi connectivity index (χ3n) is 3.54. The lowest BCUT2D eigenvalue weighted by atomic mass is 9.85. The Morgan fingerprint density at radius 3 is 2.39 bits per heavy atom. The van der Waals surface area contributed by atoms with Gasteiger partial charge in [0.15, 0.2) is 12.1 Å². The van der Waals surface area contributed by atoms with Crippen LogP contribution in [0.5, 0.6) is 0 Å². The van der Waals surface area contributed by atoms with Gasteiger partial charge in [-0.15, -0.1) is 6.58 Å². The largest absolute Gasteiger partial charge is 0.376 e. The summed E-state index contributed by atoms with van der Waals surface area (Å²) in [7, 11) is 1.61. The minimum atomic E-state index is -1.02. The van der Waals surface area contributed by atoms with Crippen LogP contribution in [0.1, 0.15) is 27.2 Å². The lowest BCUT2D eigenvalue weighted by Crippen LogP contribution is -2.62. The molecule has 104 valence electrons. The molecule has 18 heavy (non-hydrogen) atoms. The quantitative estimate of drug-likeness (QED) is 0.771. The van der Waals surface area contributed by atoms with Gasteiger partial charge in [-0.1, -0.05) is 6.08 Å². The van der Waals surface area contributed by atoms with E-state index >= 15 is 0 Å². The summed E-state index contributed by atoms with van der Waals surface area (Å²) >= 11 is 0. The molecular weight excluding hydrogens is 236 g/mol. The summed E-state index contributed by atoms with van der Waals surface area (Å²) in [5.41, 5.74) is -0.666. The maximum absolute atomic E-state index is 10.1. The number of methoxy groups -OCH3 is 1. The van der Waals surface area contributed by atoms with Gasteiger partial charge in [0.2, 0.25) is 0 Å². The second-order valence-electron chi connectivity index (χ2n) is 5.53. The smallest absolute Gasteiger partial charge is 0.184 e. The highest BCUT2D eigenvalue weighted by molar-refractivity contribution is 5.04. The van der Waals surface area contributed by atoms with Crippen molar-refractivity contribution in [2.75, 3.05) is 7.11 Å². The highest BCUT2D eigenvalue weighted by Crippen LogP contribution is 2.42. The van der Waals surface area contributed by atoms with Crippen LogP contribution in [-0.2, 0) is 18.9 Å². The second kappa shape index (κ2) is 4.58. The van der Waals surface area contributed by atoms with E-state index in [1.165, 1.54) is 0 Å². The number of hydrogen-bond donors (Lipinski definition) is 1. The zero-order chi connectivity index (χ0) is 13.6. The Kier molecular flexibility index (Phi) is 3.55. The second-order valence-corrected chi connectivity index (χ2v) is 5.53. The van der Waals surface area contributed by atoms with Crippen molar-refractivity contribution in [3.63, 3.8) is 0 Å². The molecule has 5 nitrogen and oxygen atoms in total. The monoisotopic (exact) mass is 258 g/mol. The van der Waals surface area contributed by atoms with Crippen LogP contribution >= 0.6 is 0 Å². The maximum atomic E-state index is 10.1. The maximum Gasteiger partial charge on any atom is 0.184 e. The van der Waals surface area contributed by atoms with Crippen molar-refractivity contribution in [1.82, 2.24) is 0 Å². The Bertz CT molecular complexity index is 329. The summed E-state index contributed by atoms with van der Waals surface area (Å²) in [6.45, 7) is 9.23. The van der Waals surface area contributed by atoms with Crippen molar-refractivity contribution in [2.45, 2.75) is 63.2 Å². The molecule has 0 amide bonds. The van der Waals surface area contributed by atoms with Crippen molar-refractivity contribution in [2.24, 2.45) is 0 Å². The lowest BCUT2D eigenvalue weighted by Gasteiger charge is -2.46. The van der Waals surface area contributed by atoms with Crippen LogP contribution in [0.3, 0.4) is 0 Å². The minimum Gasteiger partial charge on any atom is -0.376 e. The van der Waals surface area contributed by atoms with Gasteiger partial charge in [-0.2, -0.15) is 0 Å². The predicted octanol–water partition coefficient (Wildman–Crippen LogP) is 1.20. The third-order valence-corrected chi connectivity index (χ3v) is 3.54. The van der Waals surface area contributed by atoms with E-state index in [2.05, 4.69) is 6.58 Å². The fourth-order valence-electron chi connectivity index (χ4n) is 2.86. The molecule has 2 aliphatic rings. The van der Waals surface area contributed by atoms with Gasteiger partial charge in [0, 0.05) is 7.11 Å². The summed E-state index contributed by atoms with van der Waals surface area (Å²) < 4.78 is 22.7. The standard InChI is InChI=1S/C13H22O5/c1-6-7-13(4)10(15-5)8-9(11(14)18-13)17-12(2,3)16-8/h6,8-11,14H,1,7H2,2-5H3/t8?,9?,10?,11?,13-/m0/s1. The van der Waals surface area contributed by atoms with E-state index in [0.717, 1.165) is 0 Å². The fourth-order valence-corrected chi connectivity index (χ4v) is 2.86. The van der Waals surface area contributed by atoms with Gasteiger partial charge in [-0.3, -0.25) is 0 Å². The van der Waals surface area contributed by atoms with Crippen LogP contribution in [-0.4, -0.2) is 48.2 Å². The zero-order valence-electron chi connectivity index (χ0n) is 11.4. The van der Waals surface area contributed by atoms with Crippen LogP contribution in [0, 0.1) is 0 Å². The molecule has 0 aromatic rings. The van der Waals surface area contributed by atoms with Crippen molar-refractivity contribution < 1.29 is 24.1 Å². The first-order valence-corrected chi connectivity index (χ1v) is 6.18. The molecule has 5 atom stereocenters. The predicted molar refractivity (Wildman–Crippen MR) is 64.9 cm³/mol. The molecule has 2 fully saturated rings. The van der Waals surface area contributed by atoms with Crippen LogP contribution in [0.15, 0.2) is 12.7 Å². The molecule has 0 saturated carbocycles. The van der Waals surface area contributed by atoms with Gasteiger partial charge >= 0.3 is 0 Å². The number of fused-ring (bicyclic) bond motifs is 1. The first kappa shape index (κ1) is 14.0. The summed E-state index contributed by atoms with van der Waals surface area (Å²) in [5.74, 6) is -0.740. The molecule has 4 unspecified atom stereocenters. The van der Waals surface area contributed by atoms with Gasteiger partial charge in [0.1, 0.15) is 23.9 Å². The summed E-state index contributed by atoms with van der Waals surface area (Å²) in [6, 6.07) is 0. The molecule has 2 saturated heterocycles. The van der Waals surface area contributed by atoms with Gasteiger partial charge in [0.25, 0.3) is 0 Å². The molecule has 2 heterocycles. The van der Waals surface area contributed by atoms with E-state index in [1.807, 2.05) is 20.8 Å². The zero-order valence-corrected chi connectivity index (χ0v) is 11.4. The van der Waals surface area contributed by atoms with Gasteiger partial charge in [-0.05, 0) is 27.2 Å². The van der Waals surface area contributed by atoms with Crippen LogP contribution in [0.4, 0.5) is 0 Å². The first-order valence-electron chi connectivity index (χ1n) is 6.18. The molecule has 0 aromatic heterocycles. The summed E-state index contributed by atoms with van der Waals surface area (Å²) in [4.78, 5) is 0. The van der Waals surface area contributed by atoms with E-state index in [1.54, 1.807) is 13.2 Å². The van der Waals surface area contributed by atoms with Crippen LogP contribution < -0.4 is 0 Å². The minimum absolute atomic E-state index is 0.314. The number of aliphatic hydroxyl groups excluding tert-OH is 1. The molecule has 1 N–H and O–H groups in total. The topological polar surface area (TPSA) is 57.2 Å².